The van der Waals surface area contributed by atoms with Crippen LogP contribution in [0.1, 0.15) is 28.4 Å². The Morgan fingerprint density at radius 2 is 1.83 bits per heavy atom. The van der Waals surface area contributed by atoms with Gasteiger partial charge in [-0.1, -0.05) is 48.0 Å². The lowest BCUT2D eigenvalue weighted by Gasteiger charge is -2.29. The van der Waals surface area contributed by atoms with Gasteiger partial charge in [-0.3, -0.25) is 4.79 Å². The highest BCUT2D eigenvalue weighted by atomic mass is 35.5. The molecule has 36 heavy (non-hydrogen) atoms. The zero-order valence-electron chi connectivity index (χ0n) is 20.0. The molecule has 4 aromatic rings. The molecule has 0 fully saturated rings. The number of carbonyl (C=O) groups is 1. The molecule has 0 saturated heterocycles. The van der Waals surface area contributed by atoms with Gasteiger partial charge in [-0.2, -0.15) is 0 Å². The number of nitrogens with one attached hydrogen (secondary N) is 1. The number of aromatic nitrogens is 2. The average molecular weight is 503 g/mol. The number of halogens is 1. The number of aliphatic hydroxyl groups excluding tert-OH is 2. The maximum Gasteiger partial charge on any atom is 0.246 e. The van der Waals surface area contributed by atoms with Gasteiger partial charge in [-0.05, 0) is 60.4 Å². The highest BCUT2D eigenvalue weighted by Crippen LogP contribution is 2.42. The molecule has 0 aliphatic carbocycles. The van der Waals surface area contributed by atoms with Gasteiger partial charge in [0.25, 0.3) is 0 Å². The molecular formula is C28H27ClN4O3. The minimum Gasteiger partial charge on any atom is -0.384 e. The number of hydrogen-bond acceptors (Lipinski definition) is 5. The topological polar surface area (TPSA) is 92.7 Å². The Morgan fingerprint density at radius 1 is 1.08 bits per heavy atom. The number of fused-ring (bicyclic) bond motifs is 1. The molecule has 0 radical (unpaired) electrons. The van der Waals surface area contributed by atoms with Gasteiger partial charge in [0.15, 0.2) is 6.23 Å². The molecule has 184 valence electrons. The van der Waals surface area contributed by atoms with Crippen LogP contribution in [0.4, 0.5) is 11.4 Å². The van der Waals surface area contributed by atoms with E-state index in [0.29, 0.717) is 28.5 Å². The number of nitrogens with zero attached hydrogens (tertiary/aromatic N) is 3. The van der Waals surface area contributed by atoms with E-state index in [0.717, 1.165) is 27.9 Å². The van der Waals surface area contributed by atoms with Crippen LogP contribution in [0, 0.1) is 13.8 Å². The number of benzene rings is 3. The van der Waals surface area contributed by atoms with Crippen LogP contribution in [0.2, 0.25) is 5.02 Å². The lowest BCUT2D eigenvalue weighted by atomic mass is 10.0. The standard InChI is InChI=1S/C28H27ClN4O3/c1-17-6-7-18(2)26-25(17)27(35)28(36)33(26)15-24(34)32(14-19-4-3-5-21(29)12-19)22-10-8-20(9-11-22)23-13-30-16-31-23/h3-13,16,27-28,35-36H,14-15H2,1-2H3,(H,30,31). The van der Waals surface area contributed by atoms with Crippen molar-refractivity contribution in [2.75, 3.05) is 16.3 Å². The van der Waals surface area contributed by atoms with E-state index in [1.54, 1.807) is 28.4 Å². The van der Waals surface area contributed by atoms with E-state index in [4.69, 9.17) is 11.6 Å². The van der Waals surface area contributed by atoms with Crippen molar-refractivity contribution in [1.82, 2.24) is 9.97 Å². The Balaban J connectivity index is 1.48. The quantitative estimate of drug-likeness (QED) is 0.354. The van der Waals surface area contributed by atoms with Gasteiger partial charge >= 0.3 is 0 Å². The molecule has 1 aliphatic heterocycles. The summed E-state index contributed by atoms with van der Waals surface area (Å²) in [5.41, 5.74) is 6.56. The van der Waals surface area contributed by atoms with E-state index in [1.807, 2.05) is 68.4 Å². The molecule has 3 N–H and O–H groups in total. The zero-order valence-corrected chi connectivity index (χ0v) is 20.8. The molecule has 2 heterocycles. The molecule has 0 bridgehead atoms. The van der Waals surface area contributed by atoms with E-state index < -0.39 is 12.3 Å². The Morgan fingerprint density at radius 3 is 2.53 bits per heavy atom. The number of amides is 1. The number of aryl methyl sites for hydroxylation is 2. The molecule has 1 aliphatic rings. The van der Waals surface area contributed by atoms with Crippen molar-refractivity contribution >= 4 is 28.9 Å². The Kier molecular flexibility index (Phi) is 6.53. The van der Waals surface area contributed by atoms with Gasteiger partial charge in [0.05, 0.1) is 24.8 Å². The van der Waals surface area contributed by atoms with Gasteiger partial charge in [-0.15, -0.1) is 0 Å². The van der Waals surface area contributed by atoms with Crippen molar-refractivity contribution in [3.05, 3.63) is 100 Å². The van der Waals surface area contributed by atoms with Crippen molar-refractivity contribution in [2.45, 2.75) is 32.7 Å². The van der Waals surface area contributed by atoms with Crippen LogP contribution in [0.3, 0.4) is 0 Å². The van der Waals surface area contributed by atoms with Crippen molar-refractivity contribution in [3.8, 4) is 11.3 Å². The minimum atomic E-state index is -1.21. The van der Waals surface area contributed by atoms with E-state index in [1.165, 1.54) is 0 Å². The van der Waals surface area contributed by atoms with E-state index >= 15 is 0 Å². The summed E-state index contributed by atoms with van der Waals surface area (Å²) in [5.74, 6) is -0.218. The van der Waals surface area contributed by atoms with Crippen LogP contribution in [0.5, 0.6) is 0 Å². The fourth-order valence-electron chi connectivity index (χ4n) is 4.80. The number of aliphatic hydroxyl groups is 2. The van der Waals surface area contributed by atoms with Gasteiger partial charge in [0.1, 0.15) is 12.6 Å². The SMILES string of the molecule is Cc1ccc(C)c2c1C(O)C(O)N2CC(=O)N(Cc1cccc(Cl)c1)c1ccc(-c2cnc[nH]2)cc1. The maximum absolute atomic E-state index is 13.8. The van der Waals surface area contributed by atoms with Gasteiger partial charge in [0, 0.05) is 22.0 Å². The smallest absolute Gasteiger partial charge is 0.246 e. The van der Waals surface area contributed by atoms with Crippen LogP contribution in [0.15, 0.2) is 73.2 Å². The van der Waals surface area contributed by atoms with Crippen molar-refractivity contribution in [3.63, 3.8) is 0 Å². The summed E-state index contributed by atoms with van der Waals surface area (Å²) < 4.78 is 0. The third-order valence-corrected chi connectivity index (χ3v) is 6.88. The second-order valence-electron chi connectivity index (χ2n) is 9.07. The molecule has 8 heteroatoms. The summed E-state index contributed by atoms with van der Waals surface area (Å²) in [6.45, 7) is 4.01. The second-order valence-corrected chi connectivity index (χ2v) is 9.51. The number of hydrogen-bond donors (Lipinski definition) is 3. The summed E-state index contributed by atoms with van der Waals surface area (Å²) >= 11 is 6.21. The van der Waals surface area contributed by atoms with Crippen molar-refractivity contribution in [1.29, 1.82) is 0 Å². The minimum absolute atomic E-state index is 0.0988. The first-order chi connectivity index (χ1) is 17.3. The summed E-state index contributed by atoms with van der Waals surface area (Å²) in [4.78, 5) is 24.2. The number of rotatable bonds is 6. The first-order valence-corrected chi connectivity index (χ1v) is 12.1. The average Bonchev–Trinajstić information content (AvgIpc) is 3.49. The first-order valence-electron chi connectivity index (χ1n) is 11.7. The predicted octanol–water partition coefficient (Wildman–Crippen LogP) is 4.75. The number of anilines is 2. The normalized spacial score (nSPS) is 16.8. The molecule has 1 aromatic heterocycles. The van der Waals surface area contributed by atoms with E-state index in [-0.39, 0.29) is 12.5 Å². The van der Waals surface area contributed by atoms with Crippen LogP contribution < -0.4 is 9.80 Å². The van der Waals surface area contributed by atoms with Gasteiger partial charge in [-0.25, -0.2) is 4.98 Å². The molecule has 3 aromatic carbocycles. The van der Waals surface area contributed by atoms with Gasteiger partial charge < -0.3 is 25.0 Å². The Bertz CT molecular complexity index is 1390. The maximum atomic E-state index is 13.8. The molecule has 2 atom stereocenters. The van der Waals surface area contributed by atoms with Gasteiger partial charge in [0.2, 0.25) is 5.91 Å². The highest BCUT2D eigenvalue weighted by molar-refractivity contribution is 6.30. The summed E-state index contributed by atoms with van der Waals surface area (Å²) in [6, 6.07) is 18.9. The molecule has 5 rings (SSSR count). The molecule has 0 saturated carbocycles. The number of imidazole rings is 1. The van der Waals surface area contributed by atoms with Crippen LogP contribution in [-0.4, -0.2) is 38.9 Å². The number of aromatic amines is 1. The Hall–Kier alpha value is -3.65. The Labute approximate surface area is 214 Å². The summed E-state index contributed by atoms with van der Waals surface area (Å²) in [7, 11) is 0. The van der Waals surface area contributed by atoms with Crippen molar-refractivity contribution < 1.29 is 15.0 Å². The molecule has 0 spiro atoms. The van der Waals surface area contributed by atoms with Crippen LogP contribution >= 0.6 is 11.6 Å². The number of carbonyl (C=O) groups excluding carboxylic acids is 1. The predicted molar refractivity (Wildman–Crippen MR) is 141 cm³/mol. The lowest BCUT2D eigenvalue weighted by molar-refractivity contribution is -0.118. The summed E-state index contributed by atoms with van der Waals surface area (Å²) in [6.07, 6.45) is 1.07. The third kappa shape index (κ3) is 4.48. The fourth-order valence-corrected chi connectivity index (χ4v) is 5.02. The third-order valence-electron chi connectivity index (χ3n) is 6.65. The lowest BCUT2D eigenvalue weighted by Crippen LogP contribution is -2.44. The van der Waals surface area contributed by atoms with Crippen molar-refractivity contribution in [2.24, 2.45) is 0 Å². The molecule has 1 amide bonds. The summed E-state index contributed by atoms with van der Waals surface area (Å²) in [5, 5.41) is 22.2. The largest absolute Gasteiger partial charge is 0.384 e. The molecular weight excluding hydrogens is 476 g/mol. The molecule has 2 unspecified atom stereocenters. The van der Waals surface area contributed by atoms with Crippen LogP contribution in [0.25, 0.3) is 11.3 Å². The zero-order chi connectivity index (χ0) is 25.4. The van der Waals surface area contributed by atoms with E-state index in [9.17, 15) is 15.0 Å². The molecule has 7 nitrogen and oxygen atoms in total. The second kappa shape index (κ2) is 9.78. The fraction of sp³-hybridized carbons (Fsp3) is 0.214. The monoisotopic (exact) mass is 502 g/mol. The number of H-pyrrole nitrogens is 1. The highest BCUT2D eigenvalue weighted by Gasteiger charge is 2.39. The van der Waals surface area contributed by atoms with E-state index in [2.05, 4.69) is 9.97 Å². The first kappa shape index (κ1) is 24.1. The van der Waals surface area contributed by atoms with Crippen LogP contribution in [-0.2, 0) is 11.3 Å².